The summed E-state index contributed by atoms with van der Waals surface area (Å²) in [6.07, 6.45) is 5.57. The van der Waals surface area contributed by atoms with Gasteiger partial charge in [-0.25, -0.2) is 4.79 Å². The Balaban J connectivity index is 1.71. The molecule has 2 unspecified atom stereocenters. The number of nitrogens with zero attached hydrogens (tertiary/aromatic N) is 2. The topological polar surface area (TPSA) is 69.7 Å². The molecule has 1 spiro atoms. The molecule has 2 atom stereocenters. The Morgan fingerprint density at radius 2 is 1.96 bits per heavy atom. The van der Waals surface area contributed by atoms with Crippen molar-refractivity contribution in [1.29, 1.82) is 0 Å². The van der Waals surface area contributed by atoms with Crippen LogP contribution in [0.3, 0.4) is 0 Å². The monoisotopic (exact) mass is 363 g/mol. The average Bonchev–Trinajstić information content (AvgIpc) is 3.29. The SMILES string of the molecule is CCCN(CC1CC1)C(=O)CN1C(=O)NC2(CC(C)CC(C)(C)C2)C1=O. The van der Waals surface area contributed by atoms with Crippen LogP contribution in [-0.2, 0) is 9.59 Å². The Kier molecular flexibility index (Phi) is 5.06. The fourth-order valence-corrected chi connectivity index (χ4v) is 5.08. The Morgan fingerprint density at radius 1 is 1.27 bits per heavy atom. The molecule has 0 aromatic heterocycles. The predicted molar refractivity (Wildman–Crippen MR) is 99.4 cm³/mol. The lowest BCUT2D eigenvalue weighted by molar-refractivity contribution is -0.141. The molecule has 3 aliphatic rings. The lowest BCUT2D eigenvalue weighted by Crippen LogP contribution is -2.54. The van der Waals surface area contributed by atoms with Crippen molar-refractivity contribution in [3.63, 3.8) is 0 Å². The van der Waals surface area contributed by atoms with Crippen LogP contribution in [0.5, 0.6) is 0 Å². The van der Waals surface area contributed by atoms with Gasteiger partial charge in [0.25, 0.3) is 5.91 Å². The maximum Gasteiger partial charge on any atom is 0.325 e. The van der Waals surface area contributed by atoms with Gasteiger partial charge in [0.1, 0.15) is 12.1 Å². The summed E-state index contributed by atoms with van der Waals surface area (Å²) >= 11 is 0. The maximum atomic E-state index is 13.1. The first kappa shape index (κ1) is 19.2. The van der Waals surface area contributed by atoms with Crippen LogP contribution in [0.4, 0.5) is 4.79 Å². The van der Waals surface area contributed by atoms with E-state index in [9.17, 15) is 14.4 Å². The number of rotatable bonds is 6. The number of carbonyl (C=O) groups is 3. The van der Waals surface area contributed by atoms with Gasteiger partial charge in [-0.1, -0.05) is 27.7 Å². The van der Waals surface area contributed by atoms with E-state index in [1.165, 1.54) is 12.8 Å². The maximum absolute atomic E-state index is 13.1. The summed E-state index contributed by atoms with van der Waals surface area (Å²) in [5.74, 6) is 0.644. The van der Waals surface area contributed by atoms with Crippen molar-refractivity contribution in [1.82, 2.24) is 15.1 Å². The van der Waals surface area contributed by atoms with Crippen molar-refractivity contribution in [3.05, 3.63) is 0 Å². The molecule has 0 aromatic carbocycles. The van der Waals surface area contributed by atoms with Crippen molar-refractivity contribution < 1.29 is 14.4 Å². The van der Waals surface area contributed by atoms with E-state index in [1.54, 1.807) is 0 Å². The molecule has 2 saturated carbocycles. The standard InChI is InChI=1S/C20H33N3O3/c1-5-8-22(11-15-6-7-15)16(24)12-23-17(25)20(21-18(23)26)10-14(2)9-19(3,4)13-20/h14-15H,5-13H2,1-4H3,(H,21,26). The molecule has 146 valence electrons. The minimum absolute atomic E-state index is 0.000838. The second kappa shape index (κ2) is 6.86. The molecule has 4 amide bonds. The predicted octanol–water partition coefficient (Wildman–Crippen LogP) is 2.77. The zero-order valence-corrected chi connectivity index (χ0v) is 16.6. The molecule has 0 aromatic rings. The first-order chi connectivity index (χ1) is 12.2. The van der Waals surface area contributed by atoms with E-state index in [4.69, 9.17) is 0 Å². The molecule has 3 rings (SSSR count). The van der Waals surface area contributed by atoms with Gasteiger partial charge in [-0.05, 0) is 55.8 Å². The molecule has 1 aliphatic heterocycles. The lowest BCUT2D eigenvalue weighted by atomic mass is 9.64. The highest BCUT2D eigenvalue weighted by atomic mass is 16.2. The number of nitrogens with one attached hydrogen (secondary N) is 1. The van der Waals surface area contributed by atoms with Gasteiger partial charge in [0.2, 0.25) is 5.91 Å². The smallest absolute Gasteiger partial charge is 0.325 e. The number of imide groups is 1. The van der Waals surface area contributed by atoms with Crippen LogP contribution in [0.1, 0.15) is 66.2 Å². The molecule has 26 heavy (non-hydrogen) atoms. The number of hydrogen-bond donors (Lipinski definition) is 1. The summed E-state index contributed by atoms with van der Waals surface area (Å²) in [5, 5.41) is 2.95. The van der Waals surface area contributed by atoms with Crippen molar-refractivity contribution in [2.45, 2.75) is 71.8 Å². The van der Waals surface area contributed by atoms with Crippen LogP contribution in [0.15, 0.2) is 0 Å². The number of hydrogen-bond acceptors (Lipinski definition) is 3. The van der Waals surface area contributed by atoms with Crippen LogP contribution in [0.2, 0.25) is 0 Å². The third kappa shape index (κ3) is 3.89. The molecule has 1 heterocycles. The largest absolute Gasteiger partial charge is 0.341 e. The van der Waals surface area contributed by atoms with Gasteiger partial charge in [-0.3, -0.25) is 14.5 Å². The molecule has 1 N–H and O–H groups in total. The minimum Gasteiger partial charge on any atom is -0.341 e. The van der Waals surface area contributed by atoms with Gasteiger partial charge in [0, 0.05) is 13.1 Å². The van der Waals surface area contributed by atoms with E-state index < -0.39 is 11.6 Å². The first-order valence-corrected chi connectivity index (χ1v) is 10.1. The van der Waals surface area contributed by atoms with Crippen LogP contribution in [0.25, 0.3) is 0 Å². The third-order valence-electron chi connectivity index (χ3n) is 5.94. The van der Waals surface area contributed by atoms with Crippen molar-refractivity contribution in [3.8, 4) is 0 Å². The summed E-state index contributed by atoms with van der Waals surface area (Å²) < 4.78 is 0. The molecular weight excluding hydrogens is 330 g/mol. The van der Waals surface area contributed by atoms with Gasteiger partial charge in [-0.15, -0.1) is 0 Å². The van der Waals surface area contributed by atoms with Crippen molar-refractivity contribution >= 4 is 17.8 Å². The van der Waals surface area contributed by atoms with Crippen molar-refractivity contribution in [2.75, 3.05) is 19.6 Å². The number of amides is 4. The summed E-state index contributed by atoms with van der Waals surface area (Å²) in [6.45, 7) is 9.79. The highest BCUT2D eigenvalue weighted by Gasteiger charge is 2.56. The molecule has 3 fully saturated rings. The van der Waals surface area contributed by atoms with E-state index in [0.29, 0.717) is 31.2 Å². The first-order valence-electron chi connectivity index (χ1n) is 10.1. The molecule has 6 nitrogen and oxygen atoms in total. The highest BCUT2D eigenvalue weighted by molar-refractivity contribution is 6.09. The summed E-state index contributed by atoms with van der Waals surface area (Å²) in [4.78, 5) is 41.4. The Labute approximate surface area is 156 Å². The Bertz CT molecular complexity index is 599. The van der Waals surface area contributed by atoms with E-state index in [1.807, 2.05) is 11.8 Å². The van der Waals surface area contributed by atoms with Crippen LogP contribution in [0, 0.1) is 17.3 Å². The third-order valence-corrected chi connectivity index (χ3v) is 5.94. The van der Waals surface area contributed by atoms with Crippen LogP contribution in [-0.4, -0.2) is 52.8 Å². The Hall–Kier alpha value is -1.59. The normalized spacial score (nSPS) is 30.6. The van der Waals surface area contributed by atoms with Crippen molar-refractivity contribution in [2.24, 2.45) is 17.3 Å². The van der Waals surface area contributed by atoms with E-state index in [2.05, 4.69) is 26.1 Å². The average molecular weight is 364 g/mol. The van der Waals surface area contributed by atoms with Gasteiger partial charge < -0.3 is 10.2 Å². The van der Waals surface area contributed by atoms with Gasteiger partial charge in [0.15, 0.2) is 0 Å². The highest BCUT2D eigenvalue weighted by Crippen LogP contribution is 2.46. The minimum atomic E-state index is -0.829. The summed E-state index contributed by atoms with van der Waals surface area (Å²) in [6, 6.07) is -0.406. The molecule has 1 saturated heterocycles. The Morgan fingerprint density at radius 3 is 2.54 bits per heavy atom. The zero-order chi connectivity index (χ0) is 19.1. The van der Waals surface area contributed by atoms with Gasteiger partial charge in [-0.2, -0.15) is 0 Å². The molecule has 2 aliphatic carbocycles. The number of carbonyl (C=O) groups excluding carboxylic acids is 3. The van der Waals surface area contributed by atoms with Crippen LogP contribution >= 0.6 is 0 Å². The fraction of sp³-hybridized carbons (Fsp3) is 0.850. The molecule has 6 heteroatoms. The van der Waals surface area contributed by atoms with E-state index in [-0.39, 0.29) is 23.8 Å². The van der Waals surface area contributed by atoms with Crippen LogP contribution < -0.4 is 5.32 Å². The quantitative estimate of drug-likeness (QED) is 0.738. The van der Waals surface area contributed by atoms with Gasteiger partial charge >= 0.3 is 6.03 Å². The second-order valence-electron chi connectivity index (χ2n) is 9.54. The fourth-order valence-electron chi connectivity index (χ4n) is 5.08. The molecule has 0 bridgehead atoms. The zero-order valence-electron chi connectivity index (χ0n) is 16.6. The summed E-state index contributed by atoms with van der Waals surface area (Å²) in [7, 11) is 0. The van der Waals surface area contributed by atoms with E-state index >= 15 is 0 Å². The summed E-state index contributed by atoms with van der Waals surface area (Å²) in [5.41, 5.74) is -0.828. The second-order valence-corrected chi connectivity index (χ2v) is 9.54. The number of urea groups is 1. The molecular formula is C20H33N3O3. The lowest BCUT2D eigenvalue weighted by Gasteiger charge is -2.43. The molecule has 0 radical (unpaired) electrons. The van der Waals surface area contributed by atoms with Gasteiger partial charge in [0.05, 0.1) is 0 Å². The van der Waals surface area contributed by atoms with E-state index in [0.717, 1.165) is 24.3 Å².